The highest BCUT2D eigenvalue weighted by molar-refractivity contribution is 5.98. The maximum absolute atomic E-state index is 13.2. The summed E-state index contributed by atoms with van der Waals surface area (Å²) in [5, 5.41) is 2.96. The fourth-order valence-corrected chi connectivity index (χ4v) is 4.04. The lowest BCUT2D eigenvalue weighted by atomic mass is 9.92. The molecule has 1 fully saturated rings. The lowest BCUT2D eigenvalue weighted by Crippen LogP contribution is -2.33. The third kappa shape index (κ3) is 3.92. The van der Waals surface area contributed by atoms with Crippen LogP contribution in [-0.2, 0) is 9.59 Å². The first kappa shape index (κ1) is 20.1. The zero-order valence-corrected chi connectivity index (χ0v) is 17.2. The van der Waals surface area contributed by atoms with Crippen molar-refractivity contribution in [3.63, 3.8) is 0 Å². The smallest absolute Gasteiger partial charge is 0.231 e. The van der Waals surface area contributed by atoms with Crippen LogP contribution < -0.4 is 19.5 Å². The minimum absolute atomic E-state index is 0.00936. The van der Waals surface area contributed by atoms with Crippen LogP contribution in [-0.4, -0.2) is 37.2 Å². The summed E-state index contributed by atoms with van der Waals surface area (Å²) in [4.78, 5) is 27.8. The fraction of sp³-hybridized carbons (Fsp3) is 0.391. The van der Waals surface area contributed by atoms with Crippen molar-refractivity contribution in [1.29, 1.82) is 0 Å². The van der Waals surface area contributed by atoms with Crippen LogP contribution in [0.5, 0.6) is 17.2 Å². The molecule has 7 nitrogen and oxygen atoms in total. The Bertz CT molecular complexity index is 928. The van der Waals surface area contributed by atoms with Gasteiger partial charge >= 0.3 is 0 Å². The predicted molar refractivity (Wildman–Crippen MR) is 112 cm³/mol. The number of hydrogen-bond donors (Lipinski definition) is 1. The van der Waals surface area contributed by atoms with Crippen molar-refractivity contribution in [2.45, 2.75) is 32.2 Å². The Morgan fingerprint density at radius 1 is 1.17 bits per heavy atom. The van der Waals surface area contributed by atoms with Gasteiger partial charge in [0, 0.05) is 24.7 Å². The van der Waals surface area contributed by atoms with Crippen molar-refractivity contribution in [1.82, 2.24) is 4.90 Å². The highest BCUT2D eigenvalue weighted by atomic mass is 16.7. The summed E-state index contributed by atoms with van der Waals surface area (Å²) in [5.41, 5.74) is 1.56. The van der Waals surface area contributed by atoms with E-state index in [2.05, 4.69) is 12.2 Å². The number of amides is 2. The van der Waals surface area contributed by atoms with Gasteiger partial charge in [0.15, 0.2) is 11.5 Å². The van der Waals surface area contributed by atoms with Crippen LogP contribution in [0.3, 0.4) is 0 Å². The third-order valence-electron chi connectivity index (χ3n) is 5.62. The summed E-state index contributed by atoms with van der Waals surface area (Å²) in [7, 11) is 1.61. The van der Waals surface area contributed by atoms with Crippen molar-refractivity contribution in [2.75, 3.05) is 25.8 Å². The van der Waals surface area contributed by atoms with Crippen molar-refractivity contribution >= 4 is 17.5 Å². The highest BCUT2D eigenvalue weighted by Crippen LogP contribution is 2.40. The van der Waals surface area contributed by atoms with Gasteiger partial charge in [-0.2, -0.15) is 0 Å². The Labute approximate surface area is 175 Å². The molecular formula is C23H26N2O5. The maximum Gasteiger partial charge on any atom is 0.231 e. The van der Waals surface area contributed by atoms with E-state index in [1.165, 1.54) is 0 Å². The molecule has 0 spiro atoms. The van der Waals surface area contributed by atoms with Gasteiger partial charge in [-0.25, -0.2) is 0 Å². The summed E-state index contributed by atoms with van der Waals surface area (Å²) >= 11 is 0. The van der Waals surface area contributed by atoms with Crippen molar-refractivity contribution in [3.8, 4) is 17.2 Å². The average Bonchev–Trinajstić information content (AvgIpc) is 3.36. The summed E-state index contributed by atoms with van der Waals surface area (Å²) < 4.78 is 16.0. The SMILES string of the molecule is CCCCN1C(=O)C[C@@H](C(=O)Nc2ccc3c(c2)OCO3)[C@@H]1c1ccc(OC)cc1. The van der Waals surface area contributed by atoms with Crippen LogP contribution in [0.4, 0.5) is 5.69 Å². The van der Waals surface area contributed by atoms with Gasteiger partial charge in [0.05, 0.1) is 19.1 Å². The van der Waals surface area contributed by atoms with Gasteiger partial charge in [0.25, 0.3) is 0 Å². The number of carbonyl (C=O) groups is 2. The topological polar surface area (TPSA) is 77.1 Å². The van der Waals surface area contributed by atoms with Crippen LogP contribution in [0, 0.1) is 5.92 Å². The number of carbonyl (C=O) groups excluding carboxylic acids is 2. The van der Waals surface area contributed by atoms with E-state index in [4.69, 9.17) is 14.2 Å². The second-order valence-electron chi connectivity index (χ2n) is 7.53. The van der Waals surface area contributed by atoms with E-state index in [1.54, 1.807) is 25.3 Å². The number of fused-ring (bicyclic) bond motifs is 1. The number of benzene rings is 2. The van der Waals surface area contributed by atoms with E-state index in [1.807, 2.05) is 29.2 Å². The van der Waals surface area contributed by atoms with E-state index in [9.17, 15) is 9.59 Å². The molecule has 2 amide bonds. The van der Waals surface area contributed by atoms with Crippen molar-refractivity contribution in [3.05, 3.63) is 48.0 Å². The van der Waals surface area contributed by atoms with Crippen molar-refractivity contribution < 1.29 is 23.8 Å². The van der Waals surface area contributed by atoms with Gasteiger partial charge in [0.1, 0.15) is 5.75 Å². The Kier molecular flexibility index (Phi) is 5.79. The molecule has 2 aliphatic rings. The molecule has 0 unspecified atom stereocenters. The molecule has 2 aromatic rings. The first-order valence-electron chi connectivity index (χ1n) is 10.2. The second-order valence-corrected chi connectivity index (χ2v) is 7.53. The Morgan fingerprint density at radius 2 is 1.93 bits per heavy atom. The van der Waals surface area contributed by atoms with E-state index in [0.717, 1.165) is 24.2 Å². The van der Waals surface area contributed by atoms with Crippen LogP contribution >= 0.6 is 0 Å². The Morgan fingerprint density at radius 3 is 2.67 bits per heavy atom. The summed E-state index contributed by atoms with van der Waals surface area (Å²) in [5.74, 6) is 1.35. The number of anilines is 1. The number of unbranched alkanes of at least 4 members (excludes halogenated alkanes) is 1. The van der Waals surface area contributed by atoms with Crippen LogP contribution in [0.2, 0.25) is 0 Å². The molecule has 0 aliphatic carbocycles. The zero-order valence-electron chi connectivity index (χ0n) is 17.2. The number of ether oxygens (including phenoxy) is 3. The molecule has 1 N–H and O–H groups in total. The molecule has 4 rings (SSSR count). The third-order valence-corrected chi connectivity index (χ3v) is 5.62. The second kappa shape index (κ2) is 8.65. The van der Waals surface area contributed by atoms with Gasteiger partial charge in [0.2, 0.25) is 18.6 Å². The minimum atomic E-state index is -0.479. The van der Waals surface area contributed by atoms with Gasteiger partial charge in [-0.1, -0.05) is 25.5 Å². The molecule has 30 heavy (non-hydrogen) atoms. The summed E-state index contributed by atoms with van der Waals surface area (Å²) in [6.07, 6.45) is 2.07. The standard InChI is InChI=1S/C23H26N2O5/c1-3-4-11-25-21(26)13-18(22(25)15-5-8-17(28-2)9-6-15)23(27)24-16-7-10-19-20(12-16)30-14-29-19/h5-10,12,18,22H,3-4,11,13-14H2,1-2H3,(H,24,27)/t18-,22+/m1/s1. The molecular weight excluding hydrogens is 384 g/mol. The van der Waals surface area contributed by atoms with Crippen molar-refractivity contribution in [2.24, 2.45) is 5.92 Å². The first-order valence-corrected chi connectivity index (χ1v) is 10.2. The lowest BCUT2D eigenvalue weighted by molar-refractivity contribution is -0.129. The zero-order chi connectivity index (χ0) is 21.1. The summed E-state index contributed by atoms with van der Waals surface area (Å²) in [6, 6.07) is 12.6. The Balaban J connectivity index is 1.58. The number of methoxy groups -OCH3 is 1. The van der Waals surface area contributed by atoms with Gasteiger partial charge in [-0.05, 0) is 36.2 Å². The molecule has 2 aliphatic heterocycles. The minimum Gasteiger partial charge on any atom is -0.497 e. The van der Waals surface area contributed by atoms with Crippen LogP contribution in [0.25, 0.3) is 0 Å². The summed E-state index contributed by atoms with van der Waals surface area (Å²) in [6.45, 7) is 2.91. The van der Waals surface area contributed by atoms with E-state index in [-0.39, 0.29) is 31.1 Å². The molecule has 2 atom stereocenters. The molecule has 2 aromatic carbocycles. The van der Waals surface area contributed by atoms with Gasteiger partial charge in [-0.15, -0.1) is 0 Å². The molecule has 0 saturated carbocycles. The van der Waals surface area contributed by atoms with Gasteiger partial charge in [-0.3, -0.25) is 9.59 Å². The number of nitrogens with zero attached hydrogens (tertiary/aromatic N) is 1. The lowest BCUT2D eigenvalue weighted by Gasteiger charge is -2.28. The Hall–Kier alpha value is -3.22. The first-order chi connectivity index (χ1) is 14.6. The molecule has 0 radical (unpaired) electrons. The van der Waals surface area contributed by atoms with E-state index < -0.39 is 5.92 Å². The largest absolute Gasteiger partial charge is 0.497 e. The molecule has 7 heteroatoms. The van der Waals surface area contributed by atoms with Crippen LogP contribution in [0.1, 0.15) is 37.8 Å². The van der Waals surface area contributed by atoms with Crippen LogP contribution in [0.15, 0.2) is 42.5 Å². The predicted octanol–water partition coefficient (Wildman–Crippen LogP) is 3.75. The monoisotopic (exact) mass is 410 g/mol. The molecule has 0 bridgehead atoms. The molecule has 158 valence electrons. The number of hydrogen-bond acceptors (Lipinski definition) is 5. The van der Waals surface area contributed by atoms with Gasteiger partial charge < -0.3 is 24.4 Å². The number of nitrogens with one attached hydrogen (secondary N) is 1. The maximum atomic E-state index is 13.2. The number of rotatable bonds is 7. The average molecular weight is 410 g/mol. The number of likely N-dealkylation sites (tertiary alicyclic amines) is 1. The van der Waals surface area contributed by atoms with E-state index >= 15 is 0 Å². The fourth-order valence-electron chi connectivity index (χ4n) is 4.04. The molecule has 0 aromatic heterocycles. The normalized spacial score (nSPS) is 19.8. The molecule has 1 saturated heterocycles. The quantitative estimate of drug-likeness (QED) is 0.752. The van der Waals surface area contributed by atoms with E-state index in [0.29, 0.717) is 23.7 Å². The molecule has 2 heterocycles. The highest BCUT2D eigenvalue weighted by Gasteiger charge is 2.44.